The fourth-order valence-electron chi connectivity index (χ4n) is 3.82. The second-order valence-corrected chi connectivity index (χ2v) is 5.26. The van der Waals surface area contributed by atoms with Crippen molar-refractivity contribution in [1.29, 1.82) is 0 Å². The maximum Gasteiger partial charge on any atom is 0.137 e. The Morgan fingerprint density at radius 3 is 3.23 bits per heavy atom. The fraction of sp³-hybridized carbons (Fsp3) is 0.750. The van der Waals surface area contributed by atoms with E-state index in [1.165, 1.54) is 12.8 Å². The van der Waals surface area contributed by atoms with Crippen molar-refractivity contribution in [1.82, 2.24) is 0 Å². The van der Waals surface area contributed by atoms with Crippen LogP contribution < -0.4 is 0 Å². The van der Waals surface area contributed by atoms with Crippen molar-refractivity contribution in [2.24, 2.45) is 17.3 Å². The molecule has 1 heteroatoms. The topological polar surface area (TPSA) is 17.1 Å². The minimum Gasteiger partial charge on any atom is -0.299 e. The Hall–Kier alpha value is -0.590. The molecule has 0 N–H and O–H groups in total. The summed E-state index contributed by atoms with van der Waals surface area (Å²) in [6.45, 7) is 2.31. The van der Waals surface area contributed by atoms with Crippen molar-refractivity contribution in [3.05, 3.63) is 11.6 Å². The molecule has 0 amide bonds. The summed E-state index contributed by atoms with van der Waals surface area (Å²) in [5, 5.41) is 0. The van der Waals surface area contributed by atoms with Gasteiger partial charge >= 0.3 is 0 Å². The van der Waals surface area contributed by atoms with Gasteiger partial charge in [0.1, 0.15) is 5.78 Å². The molecule has 0 aromatic carbocycles. The molecule has 3 atom stereocenters. The number of Topliss-reactive ketones (excluding diaryl/α,β-unsaturated/α-hetero) is 1. The summed E-state index contributed by atoms with van der Waals surface area (Å²) in [4.78, 5) is 11.8. The molecular weight excluding hydrogens is 160 g/mol. The maximum atomic E-state index is 11.8. The molecule has 70 valence electrons. The first-order chi connectivity index (χ1) is 6.21. The molecule has 0 spiro atoms. The number of hydrogen-bond donors (Lipinski definition) is 0. The van der Waals surface area contributed by atoms with Crippen LogP contribution in [0.4, 0.5) is 0 Å². The highest BCUT2D eigenvalue weighted by molar-refractivity contribution is 5.86. The lowest BCUT2D eigenvalue weighted by molar-refractivity contribution is -0.121. The Labute approximate surface area is 79.2 Å². The molecule has 3 aliphatic rings. The Morgan fingerprint density at radius 2 is 2.38 bits per heavy atom. The molecular formula is C12H16O. The molecule has 0 aromatic rings. The van der Waals surface area contributed by atoms with Crippen LogP contribution in [0.5, 0.6) is 0 Å². The van der Waals surface area contributed by atoms with Crippen molar-refractivity contribution in [3.8, 4) is 0 Å². The molecule has 1 nitrogen and oxygen atoms in total. The van der Waals surface area contributed by atoms with Gasteiger partial charge in [-0.25, -0.2) is 0 Å². The van der Waals surface area contributed by atoms with Gasteiger partial charge in [0.05, 0.1) is 0 Å². The summed E-state index contributed by atoms with van der Waals surface area (Å²) < 4.78 is 0. The highest BCUT2D eigenvalue weighted by Crippen LogP contribution is 2.59. The Balaban J connectivity index is 2.06. The first-order valence-electron chi connectivity index (χ1n) is 5.42. The molecule has 3 aliphatic carbocycles. The molecule has 0 bridgehead atoms. The number of rotatable bonds is 0. The van der Waals surface area contributed by atoms with Gasteiger partial charge in [0, 0.05) is 12.3 Å². The molecule has 0 saturated heterocycles. The summed E-state index contributed by atoms with van der Waals surface area (Å²) in [7, 11) is 0. The van der Waals surface area contributed by atoms with Crippen LogP contribution in [0.25, 0.3) is 0 Å². The molecule has 13 heavy (non-hydrogen) atoms. The second-order valence-electron chi connectivity index (χ2n) is 5.26. The largest absolute Gasteiger partial charge is 0.299 e. The van der Waals surface area contributed by atoms with E-state index in [2.05, 4.69) is 13.0 Å². The van der Waals surface area contributed by atoms with Gasteiger partial charge in [-0.3, -0.25) is 4.79 Å². The smallest absolute Gasteiger partial charge is 0.137 e. The fourth-order valence-corrected chi connectivity index (χ4v) is 3.82. The number of carbonyl (C=O) groups excluding carboxylic acids is 1. The van der Waals surface area contributed by atoms with Gasteiger partial charge in [-0.1, -0.05) is 18.6 Å². The Bertz CT molecular complexity index is 302. The number of hydrogen-bond acceptors (Lipinski definition) is 1. The predicted octanol–water partition coefficient (Wildman–Crippen LogP) is 2.71. The van der Waals surface area contributed by atoms with Gasteiger partial charge in [0.15, 0.2) is 0 Å². The van der Waals surface area contributed by atoms with Crippen LogP contribution in [0, 0.1) is 17.3 Å². The van der Waals surface area contributed by atoms with Crippen molar-refractivity contribution in [2.75, 3.05) is 0 Å². The van der Waals surface area contributed by atoms with Crippen LogP contribution >= 0.6 is 0 Å². The standard InChI is InChI=1S/C12H16O/c1-12-6-5-8-3-2-4-9(11(8)12)10(13)7-12/h5,9,11H,2-4,6-7H2,1H3. The molecule has 2 fully saturated rings. The summed E-state index contributed by atoms with van der Waals surface area (Å²) in [6.07, 6.45) is 8.11. The summed E-state index contributed by atoms with van der Waals surface area (Å²) >= 11 is 0. The van der Waals surface area contributed by atoms with E-state index in [1.807, 2.05) is 0 Å². The number of carbonyl (C=O) groups is 1. The summed E-state index contributed by atoms with van der Waals surface area (Å²) in [5.41, 5.74) is 1.95. The van der Waals surface area contributed by atoms with Gasteiger partial charge < -0.3 is 0 Å². The van der Waals surface area contributed by atoms with Crippen LogP contribution in [-0.2, 0) is 4.79 Å². The molecule has 0 aliphatic heterocycles. The predicted molar refractivity (Wildman–Crippen MR) is 51.3 cm³/mol. The number of ketones is 1. The van der Waals surface area contributed by atoms with E-state index in [1.54, 1.807) is 5.57 Å². The van der Waals surface area contributed by atoms with E-state index in [9.17, 15) is 4.79 Å². The second kappa shape index (κ2) is 2.26. The van der Waals surface area contributed by atoms with Gasteiger partial charge in [-0.2, -0.15) is 0 Å². The van der Waals surface area contributed by atoms with E-state index in [0.717, 1.165) is 19.3 Å². The molecule has 2 saturated carbocycles. The van der Waals surface area contributed by atoms with E-state index in [0.29, 0.717) is 23.0 Å². The third-order valence-electron chi connectivity index (χ3n) is 4.36. The van der Waals surface area contributed by atoms with Crippen molar-refractivity contribution < 1.29 is 4.79 Å². The van der Waals surface area contributed by atoms with Gasteiger partial charge in [0.2, 0.25) is 0 Å². The van der Waals surface area contributed by atoms with Crippen LogP contribution in [0.1, 0.15) is 39.0 Å². The quantitative estimate of drug-likeness (QED) is 0.519. The zero-order valence-electron chi connectivity index (χ0n) is 8.18. The van der Waals surface area contributed by atoms with Crippen LogP contribution in [0.3, 0.4) is 0 Å². The van der Waals surface area contributed by atoms with Crippen molar-refractivity contribution in [2.45, 2.75) is 39.0 Å². The van der Waals surface area contributed by atoms with Crippen LogP contribution in [0.2, 0.25) is 0 Å². The monoisotopic (exact) mass is 176 g/mol. The highest BCUT2D eigenvalue weighted by atomic mass is 16.1. The van der Waals surface area contributed by atoms with Gasteiger partial charge in [-0.05, 0) is 37.0 Å². The zero-order chi connectivity index (χ0) is 9.05. The van der Waals surface area contributed by atoms with Crippen molar-refractivity contribution in [3.63, 3.8) is 0 Å². The Kier molecular flexibility index (Phi) is 1.35. The van der Waals surface area contributed by atoms with Crippen LogP contribution in [0.15, 0.2) is 11.6 Å². The van der Waals surface area contributed by atoms with Gasteiger partial charge in [0.25, 0.3) is 0 Å². The molecule has 3 rings (SSSR count). The first-order valence-corrected chi connectivity index (χ1v) is 5.42. The van der Waals surface area contributed by atoms with E-state index >= 15 is 0 Å². The van der Waals surface area contributed by atoms with Crippen molar-refractivity contribution >= 4 is 5.78 Å². The average Bonchev–Trinajstić information content (AvgIpc) is 2.56. The lowest BCUT2D eigenvalue weighted by Gasteiger charge is -2.32. The SMILES string of the molecule is CC12CC=C3CCCC(C(=O)C1)C32. The third kappa shape index (κ3) is 0.853. The maximum absolute atomic E-state index is 11.8. The molecule has 0 heterocycles. The summed E-state index contributed by atoms with van der Waals surface area (Å²) in [6, 6.07) is 0. The van der Waals surface area contributed by atoms with E-state index in [4.69, 9.17) is 0 Å². The third-order valence-corrected chi connectivity index (χ3v) is 4.36. The number of allylic oxidation sites excluding steroid dienone is 2. The van der Waals surface area contributed by atoms with E-state index < -0.39 is 0 Å². The lowest BCUT2D eigenvalue weighted by atomic mass is 9.71. The lowest BCUT2D eigenvalue weighted by Crippen LogP contribution is -2.25. The summed E-state index contributed by atoms with van der Waals surface area (Å²) in [5.74, 6) is 1.61. The minimum atomic E-state index is 0.331. The molecule has 0 radical (unpaired) electrons. The highest BCUT2D eigenvalue weighted by Gasteiger charge is 2.54. The normalized spacial score (nSPS) is 47.8. The first kappa shape index (κ1) is 7.78. The molecule has 0 aromatic heterocycles. The molecule has 3 unspecified atom stereocenters. The Morgan fingerprint density at radius 1 is 1.54 bits per heavy atom. The average molecular weight is 176 g/mol. The van der Waals surface area contributed by atoms with Crippen LogP contribution in [-0.4, -0.2) is 5.78 Å². The van der Waals surface area contributed by atoms with Gasteiger partial charge in [-0.15, -0.1) is 0 Å². The minimum absolute atomic E-state index is 0.331. The van der Waals surface area contributed by atoms with E-state index in [-0.39, 0.29) is 0 Å². The zero-order valence-corrected chi connectivity index (χ0v) is 8.18.